The lowest BCUT2D eigenvalue weighted by Gasteiger charge is -2.54. The standard InChI is InChI=1S/C24H33NO3.ClH/c1-23(2)14-20(26)15-24(3,4)25(23)16-21(27)17-28-22-12-10-19(11-13-22)18-8-6-5-7-9-18;/h5-13,20-21,26-27H,14-17H2,1-4H3;1H. The van der Waals surface area contributed by atoms with Gasteiger partial charge in [-0.3, -0.25) is 4.90 Å². The van der Waals surface area contributed by atoms with Crippen molar-refractivity contribution in [3.8, 4) is 16.9 Å². The van der Waals surface area contributed by atoms with E-state index in [0.717, 1.165) is 11.3 Å². The molecule has 1 aliphatic rings. The molecule has 0 saturated carbocycles. The van der Waals surface area contributed by atoms with Crippen LogP contribution in [0.15, 0.2) is 54.6 Å². The van der Waals surface area contributed by atoms with Crippen molar-refractivity contribution >= 4 is 12.4 Å². The number of aliphatic hydroxyl groups excluding tert-OH is 2. The zero-order chi connectivity index (χ0) is 20.4. The first-order chi connectivity index (χ1) is 13.2. The number of rotatable bonds is 6. The summed E-state index contributed by atoms with van der Waals surface area (Å²) in [6.07, 6.45) is 0.538. The molecule has 160 valence electrons. The Hall–Kier alpha value is -1.59. The van der Waals surface area contributed by atoms with E-state index in [-0.39, 0.29) is 36.2 Å². The number of benzene rings is 2. The van der Waals surface area contributed by atoms with Crippen LogP contribution in [0.2, 0.25) is 0 Å². The number of hydrogen-bond donors (Lipinski definition) is 2. The lowest BCUT2D eigenvalue weighted by molar-refractivity contribution is -0.1000. The summed E-state index contributed by atoms with van der Waals surface area (Å²) < 4.78 is 5.83. The van der Waals surface area contributed by atoms with E-state index in [9.17, 15) is 10.2 Å². The molecule has 0 aromatic heterocycles. The predicted molar refractivity (Wildman–Crippen MR) is 121 cm³/mol. The van der Waals surface area contributed by atoms with Gasteiger partial charge in [0.2, 0.25) is 0 Å². The molecule has 1 heterocycles. The number of nitrogens with zero attached hydrogens (tertiary/aromatic N) is 1. The first-order valence-corrected chi connectivity index (χ1v) is 10.1. The summed E-state index contributed by atoms with van der Waals surface area (Å²) in [6, 6.07) is 18.2. The number of ether oxygens (including phenoxy) is 1. The second kappa shape index (κ2) is 9.48. The Morgan fingerprint density at radius 2 is 1.45 bits per heavy atom. The normalized spacial score (nSPS) is 19.9. The summed E-state index contributed by atoms with van der Waals surface area (Å²) in [5.41, 5.74) is 1.98. The second-order valence-electron chi connectivity index (χ2n) is 9.15. The molecule has 2 aromatic rings. The Morgan fingerprint density at radius 1 is 0.931 bits per heavy atom. The van der Waals surface area contributed by atoms with Crippen LogP contribution in [0.5, 0.6) is 5.75 Å². The van der Waals surface area contributed by atoms with Gasteiger partial charge in [0.25, 0.3) is 0 Å². The molecule has 3 rings (SSSR count). The Kier molecular flexibility index (Phi) is 7.74. The molecule has 1 saturated heterocycles. The van der Waals surface area contributed by atoms with Crippen LogP contribution in [0, 0.1) is 0 Å². The van der Waals surface area contributed by atoms with E-state index in [1.165, 1.54) is 5.56 Å². The maximum absolute atomic E-state index is 10.6. The topological polar surface area (TPSA) is 52.9 Å². The lowest BCUT2D eigenvalue weighted by atomic mass is 9.78. The van der Waals surface area contributed by atoms with Crippen LogP contribution in [0.3, 0.4) is 0 Å². The molecule has 2 N–H and O–H groups in total. The summed E-state index contributed by atoms with van der Waals surface area (Å²) >= 11 is 0. The number of likely N-dealkylation sites (tertiary alicyclic amines) is 1. The van der Waals surface area contributed by atoms with Gasteiger partial charge in [0.15, 0.2) is 0 Å². The zero-order valence-electron chi connectivity index (χ0n) is 17.8. The Balaban J connectivity index is 0.00000300. The Labute approximate surface area is 180 Å². The van der Waals surface area contributed by atoms with Crippen LogP contribution < -0.4 is 4.74 Å². The number of halogens is 1. The number of piperidine rings is 1. The Morgan fingerprint density at radius 3 is 2.00 bits per heavy atom. The van der Waals surface area contributed by atoms with Crippen molar-refractivity contribution < 1.29 is 14.9 Å². The highest BCUT2D eigenvalue weighted by atomic mass is 35.5. The minimum atomic E-state index is -0.595. The van der Waals surface area contributed by atoms with E-state index in [1.807, 2.05) is 42.5 Å². The molecule has 0 spiro atoms. The van der Waals surface area contributed by atoms with Gasteiger partial charge in [0, 0.05) is 17.6 Å². The zero-order valence-corrected chi connectivity index (χ0v) is 18.7. The average molecular weight is 420 g/mol. The highest BCUT2D eigenvalue weighted by molar-refractivity contribution is 5.85. The van der Waals surface area contributed by atoms with Crippen LogP contribution in [0.1, 0.15) is 40.5 Å². The lowest BCUT2D eigenvalue weighted by Crippen LogP contribution is -2.63. The van der Waals surface area contributed by atoms with Gasteiger partial charge >= 0.3 is 0 Å². The third-order valence-corrected chi connectivity index (χ3v) is 5.73. The number of aliphatic hydroxyl groups is 2. The van der Waals surface area contributed by atoms with Crippen molar-refractivity contribution in [3.05, 3.63) is 54.6 Å². The first-order valence-electron chi connectivity index (χ1n) is 10.1. The molecular weight excluding hydrogens is 386 g/mol. The van der Waals surface area contributed by atoms with Gasteiger partial charge in [0.05, 0.1) is 6.10 Å². The van der Waals surface area contributed by atoms with E-state index in [2.05, 4.69) is 44.7 Å². The van der Waals surface area contributed by atoms with Gasteiger partial charge in [-0.15, -0.1) is 12.4 Å². The third kappa shape index (κ3) is 5.95. The minimum absolute atomic E-state index is 0. The second-order valence-corrected chi connectivity index (χ2v) is 9.15. The van der Waals surface area contributed by atoms with Gasteiger partial charge in [-0.25, -0.2) is 0 Å². The van der Waals surface area contributed by atoms with Crippen molar-refractivity contribution in [2.45, 2.75) is 63.8 Å². The van der Waals surface area contributed by atoms with Crippen molar-refractivity contribution in [2.75, 3.05) is 13.2 Å². The summed E-state index contributed by atoms with van der Waals surface area (Å²) in [5, 5.41) is 20.8. The van der Waals surface area contributed by atoms with E-state index in [0.29, 0.717) is 19.4 Å². The van der Waals surface area contributed by atoms with Gasteiger partial charge in [0.1, 0.15) is 18.5 Å². The van der Waals surface area contributed by atoms with Crippen LogP contribution >= 0.6 is 12.4 Å². The maximum atomic E-state index is 10.6. The maximum Gasteiger partial charge on any atom is 0.119 e. The fourth-order valence-corrected chi connectivity index (χ4v) is 4.59. The SMILES string of the molecule is CC1(C)CC(O)CC(C)(C)N1CC(O)COc1ccc(-c2ccccc2)cc1.Cl. The third-order valence-electron chi connectivity index (χ3n) is 5.73. The highest BCUT2D eigenvalue weighted by Crippen LogP contribution is 2.38. The molecule has 0 aliphatic carbocycles. The molecule has 1 atom stereocenters. The summed E-state index contributed by atoms with van der Waals surface area (Å²) in [4.78, 5) is 2.30. The van der Waals surface area contributed by atoms with Gasteiger partial charge in [-0.05, 0) is 63.8 Å². The molecule has 1 unspecified atom stereocenters. The number of β-amino-alcohol motifs (C(OH)–C–C–N with tert-alkyl or cyclic N) is 1. The van der Waals surface area contributed by atoms with E-state index in [4.69, 9.17) is 4.74 Å². The van der Waals surface area contributed by atoms with E-state index in [1.54, 1.807) is 0 Å². The fourth-order valence-electron chi connectivity index (χ4n) is 4.59. The van der Waals surface area contributed by atoms with E-state index < -0.39 is 6.10 Å². The monoisotopic (exact) mass is 419 g/mol. The molecule has 1 aliphatic heterocycles. The van der Waals surface area contributed by atoms with E-state index >= 15 is 0 Å². The minimum Gasteiger partial charge on any atom is -0.491 e. The molecular formula is C24H34ClNO3. The predicted octanol–water partition coefficient (Wildman–Crippen LogP) is 4.53. The van der Waals surface area contributed by atoms with Crippen LogP contribution in [0.25, 0.3) is 11.1 Å². The first kappa shape index (κ1) is 23.7. The highest BCUT2D eigenvalue weighted by Gasteiger charge is 2.45. The van der Waals surface area contributed by atoms with Gasteiger partial charge in [-0.2, -0.15) is 0 Å². The largest absolute Gasteiger partial charge is 0.491 e. The summed E-state index contributed by atoms with van der Waals surface area (Å²) in [5.74, 6) is 0.756. The van der Waals surface area contributed by atoms with Crippen molar-refractivity contribution in [2.24, 2.45) is 0 Å². The molecule has 29 heavy (non-hydrogen) atoms. The van der Waals surface area contributed by atoms with Crippen molar-refractivity contribution in [1.29, 1.82) is 0 Å². The molecule has 0 amide bonds. The molecule has 2 aromatic carbocycles. The van der Waals surface area contributed by atoms with Crippen LogP contribution in [-0.4, -0.2) is 51.6 Å². The molecule has 0 radical (unpaired) electrons. The summed E-state index contributed by atoms with van der Waals surface area (Å²) in [6.45, 7) is 9.30. The molecule has 4 nitrogen and oxygen atoms in total. The van der Waals surface area contributed by atoms with Crippen LogP contribution in [0.4, 0.5) is 0 Å². The fraction of sp³-hybridized carbons (Fsp3) is 0.500. The molecule has 0 bridgehead atoms. The van der Waals surface area contributed by atoms with Crippen LogP contribution in [-0.2, 0) is 0 Å². The summed E-state index contributed by atoms with van der Waals surface area (Å²) in [7, 11) is 0. The molecule has 5 heteroatoms. The van der Waals surface area contributed by atoms with Crippen molar-refractivity contribution in [3.63, 3.8) is 0 Å². The van der Waals surface area contributed by atoms with Gasteiger partial charge < -0.3 is 14.9 Å². The quantitative estimate of drug-likeness (QED) is 0.722. The van der Waals surface area contributed by atoms with Gasteiger partial charge in [-0.1, -0.05) is 42.5 Å². The number of hydrogen-bond acceptors (Lipinski definition) is 4. The Bertz CT molecular complexity index is 743. The molecule has 1 fully saturated rings. The smallest absolute Gasteiger partial charge is 0.119 e. The average Bonchev–Trinajstić information content (AvgIpc) is 2.63. The van der Waals surface area contributed by atoms with Crippen molar-refractivity contribution in [1.82, 2.24) is 4.90 Å².